The first-order chi connectivity index (χ1) is 10.7. The van der Waals surface area contributed by atoms with E-state index in [1.54, 1.807) is 7.11 Å². The van der Waals surface area contributed by atoms with Crippen molar-refractivity contribution in [2.45, 2.75) is 30.6 Å². The molecule has 122 valence electrons. The zero-order valence-corrected chi connectivity index (χ0v) is 14.6. The van der Waals surface area contributed by atoms with E-state index in [-0.39, 0.29) is 6.10 Å². The lowest BCUT2D eigenvalue weighted by molar-refractivity contribution is 0.106. The molecular weight excluding hydrogens is 294 g/mol. The molecule has 2 rings (SSSR count). The van der Waals surface area contributed by atoms with E-state index in [0.717, 1.165) is 12.5 Å². The quantitative estimate of drug-likeness (QED) is 0.625. The van der Waals surface area contributed by atoms with Gasteiger partial charge >= 0.3 is 0 Å². The van der Waals surface area contributed by atoms with Gasteiger partial charge in [0.15, 0.2) is 5.96 Å². The summed E-state index contributed by atoms with van der Waals surface area (Å²) in [6.07, 6.45) is 2.61. The van der Waals surface area contributed by atoms with Crippen LogP contribution in [0.25, 0.3) is 0 Å². The first-order valence-corrected chi connectivity index (χ1v) is 8.81. The predicted octanol–water partition coefficient (Wildman–Crippen LogP) is 2.82. The topological polar surface area (TPSA) is 45.7 Å². The summed E-state index contributed by atoms with van der Waals surface area (Å²) >= 11 is 2.05. The predicted molar refractivity (Wildman–Crippen MR) is 95.7 cm³/mol. The number of guanidine groups is 1. The Morgan fingerprint density at radius 2 is 2.14 bits per heavy atom. The second-order valence-corrected chi connectivity index (χ2v) is 7.53. The molecule has 1 aromatic rings. The highest BCUT2D eigenvalue weighted by molar-refractivity contribution is 8.00. The molecule has 0 aromatic heterocycles. The monoisotopic (exact) mass is 321 g/mol. The van der Waals surface area contributed by atoms with Crippen LogP contribution in [0.4, 0.5) is 0 Å². The van der Waals surface area contributed by atoms with Crippen molar-refractivity contribution >= 4 is 17.7 Å². The molecule has 2 N–H and O–H groups in total. The first kappa shape index (κ1) is 17.2. The Morgan fingerprint density at radius 3 is 2.73 bits per heavy atom. The van der Waals surface area contributed by atoms with Gasteiger partial charge in [-0.15, -0.1) is 0 Å². The summed E-state index contributed by atoms with van der Waals surface area (Å²) in [4.78, 5) is 4.31. The minimum Gasteiger partial charge on any atom is -0.375 e. The molecule has 2 unspecified atom stereocenters. The van der Waals surface area contributed by atoms with Crippen LogP contribution in [0, 0.1) is 0 Å². The summed E-state index contributed by atoms with van der Waals surface area (Å²) in [6, 6.07) is 10.3. The Kier molecular flexibility index (Phi) is 6.58. The molecule has 0 aliphatic carbocycles. The van der Waals surface area contributed by atoms with Gasteiger partial charge in [-0.1, -0.05) is 30.3 Å². The Balaban J connectivity index is 1.82. The van der Waals surface area contributed by atoms with Crippen molar-refractivity contribution in [3.63, 3.8) is 0 Å². The highest BCUT2D eigenvalue weighted by Gasteiger charge is 2.29. The van der Waals surface area contributed by atoms with Crippen LogP contribution in [0.5, 0.6) is 0 Å². The fourth-order valence-corrected chi connectivity index (χ4v) is 3.91. The van der Waals surface area contributed by atoms with Gasteiger partial charge in [-0.3, -0.25) is 4.99 Å². The van der Waals surface area contributed by atoms with Crippen LogP contribution < -0.4 is 10.6 Å². The van der Waals surface area contributed by atoms with Crippen molar-refractivity contribution in [3.8, 4) is 0 Å². The summed E-state index contributed by atoms with van der Waals surface area (Å²) in [6.45, 7) is 3.97. The van der Waals surface area contributed by atoms with Crippen molar-refractivity contribution in [2.75, 3.05) is 33.0 Å². The number of hydrogen-bond acceptors (Lipinski definition) is 3. The molecule has 1 aliphatic rings. The first-order valence-electron chi connectivity index (χ1n) is 7.83. The van der Waals surface area contributed by atoms with E-state index in [9.17, 15) is 0 Å². The van der Waals surface area contributed by atoms with Crippen molar-refractivity contribution < 1.29 is 4.74 Å². The molecule has 0 bridgehead atoms. The normalized spacial score (nSPS) is 23.3. The maximum Gasteiger partial charge on any atom is 0.191 e. The number of nitrogens with zero attached hydrogens (tertiary/aromatic N) is 1. The largest absolute Gasteiger partial charge is 0.375 e. The molecule has 0 saturated carbocycles. The van der Waals surface area contributed by atoms with Gasteiger partial charge in [-0.05, 0) is 31.1 Å². The molecule has 1 aromatic carbocycles. The fourth-order valence-electron chi connectivity index (χ4n) is 2.66. The zero-order valence-electron chi connectivity index (χ0n) is 13.8. The van der Waals surface area contributed by atoms with Crippen LogP contribution >= 0.6 is 11.8 Å². The lowest BCUT2D eigenvalue weighted by Gasteiger charge is -2.25. The third-order valence-corrected chi connectivity index (χ3v) is 5.60. The standard InChI is InChI=1S/C17H27N3OS/c1-17(10-7-11-22-17)13-20-16(18-2)19-12-15(21-3)14-8-5-4-6-9-14/h4-6,8-9,15H,7,10-13H2,1-3H3,(H2,18,19,20). The lowest BCUT2D eigenvalue weighted by Crippen LogP contribution is -2.44. The van der Waals surface area contributed by atoms with Crippen LogP contribution in [0.15, 0.2) is 35.3 Å². The Bertz CT molecular complexity index is 472. The second-order valence-electron chi connectivity index (χ2n) is 5.84. The van der Waals surface area contributed by atoms with Crippen LogP contribution in [-0.4, -0.2) is 43.7 Å². The third kappa shape index (κ3) is 4.92. The van der Waals surface area contributed by atoms with Crippen molar-refractivity contribution in [2.24, 2.45) is 4.99 Å². The molecule has 0 amide bonds. The molecule has 0 radical (unpaired) electrons. The van der Waals surface area contributed by atoms with Crippen molar-refractivity contribution in [1.29, 1.82) is 0 Å². The molecule has 1 saturated heterocycles. The lowest BCUT2D eigenvalue weighted by atomic mass is 10.1. The third-order valence-electron chi connectivity index (χ3n) is 4.06. The van der Waals surface area contributed by atoms with Crippen molar-refractivity contribution in [1.82, 2.24) is 10.6 Å². The van der Waals surface area contributed by atoms with Gasteiger partial charge in [0, 0.05) is 32.0 Å². The molecule has 4 nitrogen and oxygen atoms in total. The van der Waals surface area contributed by atoms with Crippen LogP contribution in [0.1, 0.15) is 31.4 Å². The summed E-state index contributed by atoms with van der Waals surface area (Å²) < 4.78 is 5.91. The summed E-state index contributed by atoms with van der Waals surface area (Å²) in [7, 11) is 3.55. The zero-order chi connectivity index (χ0) is 15.8. The number of benzene rings is 1. The minimum absolute atomic E-state index is 0.0243. The number of nitrogens with one attached hydrogen (secondary N) is 2. The van der Waals surface area contributed by atoms with E-state index in [4.69, 9.17) is 4.74 Å². The number of rotatable bonds is 6. The average Bonchev–Trinajstić information content (AvgIpc) is 2.99. The molecule has 5 heteroatoms. The maximum absolute atomic E-state index is 5.58. The van der Waals surface area contributed by atoms with Crippen LogP contribution in [0.2, 0.25) is 0 Å². The molecule has 0 spiro atoms. The van der Waals surface area contributed by atoms with Gasteiger partial charge in [0.1, 0.15) is 0 Å². The number of thioether (sulfide) groups is 1. The fraction of sp³-hybridized carbons (Fsp3) is 0.588. The van der Waals surface area contributed by atoms with E-state index in [1.165, 1.54) is 24.2 Å². The second kappa shape index (κ2) is 8.44. The number of methoxy groups -OCH3 is 1. The van der Waals surface area contributed by atoms with Gasteiger partial charge < -0.3 is 15.4 Å². The minimum atomic E-state index is 0.0243. The molecule has 2 atom stereocenters. The Hall–Kier alpha value is -1.20. The van der Waals surface area contributed by atoms with Gasteiger partial charge in [0.05, 0.1) is 6.10 Å². The molecular formula is C17H27N3OS. The van der Waals surface area contributed by atoms with E-state index in [2.05, 4.69) is 46.4 Å². The SMILES string of the molecule is CN=C(NCC(OC)c1ccccc1)NCC1(C)CCCS1. The van der Waals surface area contributed by atoms with Gasteiger partial charge in [-0.2, -0.15) is 11.8 Å². The highest BCUT2D eigenvalue weighted by atomic mass is 32.2. The smallest absolute Gasteiger partial charge is 0.191 e. The molecule has 1 fully saturated rings. The van der Waals surface area contributed by atoms with Gasteiger partial charge in [0.2, 0.25) is 0 Å². The van der Waals surface area contributed by atoms with Crippen LogP contribution in [0.3, 0.4) is 0 Å². The summed E-state index contributed by atoms with van der Waals surface area (Å²) in [5.41, 5.74) is 1.17. The Labute approximate surface area is 138 Å². The van der Waals surface area contributed by atoms with E-state index < -0.39 is 0 Å². The Morgan fingerprint density at radius 1 is 1.36 bits per heavy atom. The van der Waals surface area contributed by atoms with E-state index >= 15 is 0 Å². The summed E-state index contributed by atoms with van der Waals surface area (Å²) in [5, 5.41) is 6.81. The number of ether oxygens (including phenoxy) is 1. The highest BCUT2D eigenvalue weighted by Crippen LogP contribution is 2.36. The van der Waals surface area contributed by atoms with E-state index in [1.807, 2.05) is 25.2 Å². The molecule has 22 heavy (non-hydrogen) atoms. The average molecular weight is 321 g/mol. The van der Waals surface area contributed by atoms with Gasteiger partial charge in [-0.25, -0.2) is 0 Å². The number of aliphatic imine (C=N–C) groups is 1. The number of hydrogen-bond donors (Lipinski definition) is 2. The molecule has 1 heterocycles. The van der Waals surface area contributed by atoms with Crippen molar-refractivity contribution in [3.05, 3.63) is 35.9 Å². The van der Waals surface area contributed by atoms with E-state index in [0.29, 0.717) is 11.3 Å². The van der Waals surface area contributed by atoms with Crippen LogP contribution in [-0.2, 0) is 4.74 Å². The molecule has 1 aliphatic heterocycles. The summed E-state index contributed by atoms with van der Waals surface area (Å²) in [5.74, 6) is 2.11. The van der Waals surface area contributed by atoms with Gasteiger partial charge in [0.25, 0.3) is 0 Å². The maximum atomic E-state index is 5.58.